The van der Waals surface area contributed by atoms with Crippen molar-refractivity contribution in [3.63, 3.8) is 0 Å². The Morgan fingerprint density at radius 1 is 0.931 bits per heavy atom. The Morgan fingerprint density at radius 2 is 1.62 bits per heavy atom. The molecule has 0 spiro atoms. The summed E-state index contributed by atoms with van der Waals surface area (Å²) in [6, 6.07) is 24.9. The molecule has 0 aliphatic heterocycles. The smallest absolute Gasteiger partial charge is 0.276 e. The SMILES string of the molecule is Cc1ccc(S(=O)(=O)N/N=C\c2cn(Cc3ccccc3)c3ccccc23)cc1. The molecule has 146 valence electrons. The Kier molecular flexibility index (Phi) is 5.18. The fraction of sp³-hybridized carbons (Fsp3) is 0.0870. The Morgan fingerprint density at radius 3 is 2.38 bits per heavy atom. The summed E-state index contributed by atoms with van der Waals surface area (Å²) in [4.78, 5) is 2.49. The molecule has 1 aromatic heterocycles. The molecule has 0 saturated carbocycles. The Bertz CT molecular complexity index is 1260. The van der Waals surface area contributed by atoms with Crippen molar-refractivity contribution < 1.29 is 8.42 Å². The lowest BCUT2D eigenvalue weighted by Crippen LogP contribution is -2.18. The predicted octanol–water partition coefficient (Wildman–Crippen LogP) is 4.31. The molecular weight excluding hydrogens is 382 g/mol. The highest BCUT2D eigenvalue weighted by Gasteiger charge is 2.12. The van der Waals surface area contributed by atoms with Crippen LogP contribution in [0.15, 0.2) is 95.1 Å². The van der Waals surface area contributed by atoms with Crippen LogP contribution in [0.5, 0.6) is 0 Å². The molecule has 29 heavy (non-hydrogen) atoms. The van der Waals surface area contributed by atoms with E-state index in [0.29, 0.717) is 0 Å². The topological polar surface area (TPSA) is 63.5 Å². The van der Waals surface area contributed by atoms with Crippen molar-refractivity contribution in [2.45, 2.75) is 18.4 Å². The van der Waals surface area contributed by atoms with Gasteiger partial charge in [-0.1, -0.05) is 66.2 Å². The Balaban J connectivity index is 1.60. The molecule has 0 saturated heterocycles. The van der Waals surface area contributed by atoms with E-state index in [4.69, 9.17) is 0 Å². The first-order valence-electron chi connectivity index (χ1n) is 9.26. The monoisotopic (exact) mass is 403 g/mol. The van der Waals surface area contributed by atoms with Gasteiger partial charge in [0.2, 0.25) is 0 Å². The van der Waals surface area contributed by atoms with Crippen LogP contribution in [0.3, 0.4) is 0 Å². The van der Waals surface area contributed by atoms with Crippen molar-refractivity contribution in [2.75, 3.05) is 0 Å². The molecule has 0 fully saturated rings. The third-order valence-electron chi connectivity index (χ3n) is 4.72. The van der Waals surface area contributed by atoms with Crippen LogP contribution in [0, 0.1) is 6.92 Å². The molecule has 4 aromatic rings. The molecule has 0 bridgehead atoms. The molecule has 0 unspecified atom stereocenters. The van der Waals surface area contributed by atoms with Crippen LogP contribution in [-0.2, 0) is 16.6 Å². The van der Waals surface area contributed by atoms with E-state index < -0.39 is 10.0 Å². The number of aromatic nitrogens is 1. The zero-order valence-corrected chi connectivity index (χ0v) is 16.8. The van der Waals surface area contributed by atoms with E-state index in [9.17, 15) is 8.42 Å². The summed E-state index contributed by atoms with van der Waals surface area (Å²) < 4.78 is 27.0. The number of sulfonamides is 1. The van der Waals surface area contributed by atoms with Crippen molar-refractivity contribution in [3.8, 4) is 0 Å². The minimum atomic E-state index is -3.70. The molecule has 1 N–H and O–H groups in total. The summed E-state index contributed by atoms with van der Waals surface area (Å²) in [6.07, 6.45) is 3.54. The maximum Gasteiger partial charge on any atom is 0.276 e. The van der Waals surface area contributed by atoms with Gasteiger partial charge in [-0.2, -0.15) is 13.5 Å². The van der Waals surface area contributed by atoms with Gasteiger partial charge in [0.1, 0.15) is 0 Å². The number of benzene rings is 3. The average molecular weight is 404 g/mol. The van der Waals surface area contributed by atoms with E-state index in [1.54, 1.807) is 30.5 Å². The largest absolute Gasteiger partial charge is 0.342 e. The standard InChI is InChI=1S/C23H21N3O2S/c1-18-11-13-21(14-12-18)29(27,28)25-24-15-20-17-26(16-19-7-3-2-4-8-19)23-10-6-5-9-22(20)23/h2-15,17,25H,16H2,1H3/b24-15-. The Hall–Kier alpha value is -3.38. The van der Waals surface area contributed by atoms with Gasteiger partial charge in [-0.15, -0.1) is 0 Å². The molecule has 3 aromatic carbocycles. The number of hydrogen-bond donors (Lipinski definition) is 1. The zero-order chi connectivity index (χ0) is 20.3. The molecule has 1 heterocycles. The summed E-state index contributed by atoms with van der Waals surface area (Å²) in [5.41, 5.74) is 4.11. The van der Waals surface area contributed by atoms with E-state index in [1.807, 2.05) is 55.6 Å². The zero-order valence-electron chi connectivity index (χ0n) is 16.0. The summed E-state index contributed by atoms with van der Waals surface area (Å²) in [6.45, 7) is 2.64. The van der Waals surface area contributed by atoms with Gasteiger partial charge in [0.25, 0.3) is 10.0 Å². The molecule has 0 atom stereocenters. The molecule has 0 aliphatic carbocycles. The van der Waals surface area contributed by atoms with Crippen molar-refractivity contribution >= 4 is 27.1 Å². The molecule has 5 nitrogen and oxygen atoms in total. The minimum Gasteiger partial charge on any atom is -0.342 e. The van der Waals surface area contributed by atoms with Crippen LogP contribution < -0.4 is 4.83 Å². The Labute approximate surface area is 170 Å². The van der Waals surface area contributed by atoms with E-state index in [-0.39, 0.29) is 4.90 Å². The molecule has 0 aliphatic rings. The third-order valence-corrected chi connectivity index (χ3v) is 5.96. The van der Waals surface area contributed by atoms with Crippen molar-refractivity contribution in [3.05, 3.63) is 102 Å². The van der Waals surface area contributed by atoms with Gasteiger partial charge in [0, 0.05) is 29.2 Å². The third kappa shape index (κ3) is 4.22. The summed E-state index contributed by atoms with van der Waals surface area (Å²) in [7, 11) is -3.70. The van der Waals surface area contributed by atoms with Crippen molar-refractivity contribution in [1.82, 2.24) is 9.40 Å². The normalized spacial score (nSPS) is 11.9. The maximum atomic E-state index is 12.4. The molecule has 6 heteroatoms. The lowest BCUT2D eigenvalue weighted by atomic mass is 10.2. The number of hydrazone groups is 1. The highest BCUT2D eigenvalue weighted by atomic mass is 32.2. The first kappa shape index (κ1) is 19.0. The second kappa shape index (κ2) is 7.93. The van der Waals surface area contributed by atoms with Gasteiger partial charge in [0.05, 0.1) is 11.1 Å². The number of nitrogens with zero attached hydrogens (tertiary/aromatic N) is 2. The molecule has 0 amide bonds. The number of fused-ring (bicyclic) bond motifs is 1. The number of hydrogen-bond acceptors (Lipinski definition) is 3. The first-order valence-corrected chi connectivity index (χ1v) is 10.7. The maximum absolute atomic E-state index is 12.4. The van der Waals surface area contributed by atoms with E-state index in [0.717, 1.165) is 28.6 Å². The van der Waals surface area contributed by atoms with Gasteiger partial charge in [-0.05, 0) is 30.7 Å². The highest BCUT2D eigenvalue weighted by Crippen LogP contribution is 2.21. The quantitative estimate of drug-likeness (QED) is 0.385. The van der Waals surface area contributed by atoms with Crippen LogP contribution >= 0.6 is 0 Å². The summed E-state index contributed by atoms with van der Waals surface area (Å²) in [5.74, 6) is 0. The first-order chi connectivity index (χ1) is 14.0. The van der Waals surface area contributed by atoms with Crippen LogP contribution in [0.4, 0.5) is 0 Å². The van der Waals surface area contributed by atoms with Gasteiger partial charge < -0.3 is 4.57 Å². The highest BCUT2D eigenvalue weighted by molar-refractivity contribution is 7.89. The van der Waals surface area contributed by atoms with Crippen molar-refractivity contribution in [1.29, 1.82) is 0 Å². The lowest BCUT2D eigenvalue weighted by molar-refractivity contribution is 0.584. The van der Waals surface area contributed by atoms with Crippen LogP contribution in [0.1, 0.15) is 16.7 Å². The predicted molar refractivity (Wildman–Crippen MR) is 117 cm³/mol. The van der Waals surface area contributed by atoms with E-state index in [2.05, 4.69) is 26.6 Å². The number of rotatable bonds is 6. The van der Waals surface area contributed by atoms with Crippen LogP contribution in [0.25, 0.3) is 10.9 Å². The minimum absolute atomic E-state index is 0.187. The summed E-state index contributed by atoms with van der Waals surface area (Å²) in [5, 5.41) is 5.02. The molecule has 4 rings (SSSR count). The number of nitrogens with one attached hydrogen (secondary N) is 1. The fourth-order valence-electron chi connectivity index (χ4n) is 3.22. The van der Waals surface area contributed by atoms with Gasteiger partial charge in [-0.25, -0.2) is 4.83 Å². The van der Waals surface area contributed by atoms with Gasteiger partial charge in [-0.3, -0.25) is 0 Å². The fourth-order valence-corrected chi connectivity index (χ4v) is 4.02. The second-order valence-electron chi connectivity index (χ2n) is 6.88. The van der Waals surface area contributed by atoms with Crippen LogP contribution in [0.2, 0.25) is 0 Å². The number of aryl methyl sites for hydroxylation is 1. The van der Waals surface area contributed by atoms with E-state index >= 15 is 0 Å². The molecule has 0 radical (unpaired) electrons. The van der Waals surface area contributed by atoms with Crippen LogP contribution in [-0.4, -0.2) is 19.2 Å². The summed E-state index contributed by atoms with van der Waals surface area (Å²) >= 11 is 0. The van der Waals surface area contributed by atoms with E-state index in [1.165, 1.54) is 5.56 Å². The average Bonchev–Trinajstić information content (AvgIpc) is 3.07. The van der Waals surface area contributed by atoms with Gasteiger partial charge in [0.15, 0.2) is 0 Å². The van der Waals surface area contributed by atoms with Crippen molar-refractivity contribution in [2.24, 2.45) is 5.10 Å². The second-order valence-corrected chi connectivity index (χ2v) is 8.54. The number of para-hydroxylation sites is 1. The van der Waals surface area contributed by atoms with Gasteiger partial charge >= 0.3 is 0 Å². The lowest BCUT2D eigenvalue weighted by Gasteiger charge is -2.05. The molecular formula is C23H21N3O2S.